The lowest BCUT2D eigenvalue weighted by Gasteiger charge is -2.04. The molecule has 0 radical (unpaired) electrons. The number of rotatable bonds is 3. The van der Waals surface area contributed by atoms with E-state index in [1.54, 1.807) is 35.7 Å². The van der Waals surface area contributed by atoms with Gasteiger partial charge in [-0.25, -0.2) is 4.98 Å². The lowest BCUT2D eigenvalue weighted by molar-refractivity contribution is 0.102. The molecular formula is C16H8Cl4N2OS. The number of carbonyl (C=O) groups excluding carboxylic acids is 1. The molecule has 0 aliphatic carbocycles. The third kappa shape index (κ3) is 3.85. The van der Waals surface area contributed by atoms with Crippen LogP contribution in [0.25, 0.3) is 11.3 Å². The molecule has 0 spiro atoms. The summed E-state index contributed by atoms with van der Waals surface area (Å²) in [6.07, 6.45) is 0. The van der Waals surface area contributed by atoms with Gasteiger partial charge in [-0.15, -0.1) is 11.3 Å². The Kier molecular flexibility index (Phi) is 5.33. The second kappa shape index (κ2) is 7.30. The van der Waals surface area contributed by atoms with Gasteiger partial charge in [0.05, 0.1) is 21.3 Å². The van der Waals surface area contributed by atoms with Crippen LogP contribution in [-0.2, 0) is 0 Å². The maximum absolute atomic E-state index is 12.3. The number of halogens is 4. The van der Waals surface area contributed by atoms with Crippen LogP contribution in [0.4, 0.5) is 5.13 Å². The average molecular weight is 418 g/mol. The fourth-order valence-corrected chi connectivity index (χ4v) is 3.57. The molecule has 3 nitrogen and oxygen atoms in total. The van der Waals surface area contributed by atoms with Crippen molar-refractivity contribution in [2.24, 2.45) is 0 Å². The maximum atomic E-state index is 12.3. The first-order chi connectivity index (χ1) is 11.4. The Labute approximate surface area is 162 Å². The number of thiazole rings is 1. The van der Waals surface area contributed by atoms with Gasteiger partial charge in [-0.1, -0.05) is 46.4 Å². The highest BCUT2D eigenvalue weighted by Gasteiger charge is 2.14. The Morgan fingerprint density at radius 3 is 2.42 bits per heavy atom. The number of benzene rings is 2. The van der Waals surface area contributed by atoms with Crippen LogP contribution in [-0.4, -0.2) is 10.9 Å². The molecule has 2 aromatic carbocycles. The molecule has 0 fully saturated rings. The summed E-state index contributed by atoms with van der Waals surface area (Å²) in [5, 5.41) is 6.70. The molecule has 0 aliphatic heterocycles. The van der Waals surface area contributed by atoms with E-state index in [1.807, 2.05) is 0 Å². The van der Waals surface area contributed by atoms with E-state index in [9.17, 15) is 4.79 Å². The minimum atomic E-state index is -0.384. The summed E-state index contributed by atoms with van der Waals surface area (Å²) in [5.74, 6) is -0.384. The van der Waals surface area contributed by atoms with E-state index in [0.717, 1.165) is 5.56 Å². The van der Waals surface area contributed by atoms with Crippen LogP contribution in [0, 0.1) is 0 Å². The highest BCUT2D eigenvalue weighted by molar-refractivity contribution is 7.14. The Morgan fingerprint density at radius 2 is 1.67 bits per heavy atom. The van der Waals surface area contributed by atoms with Crippen molar-refractivity contribution in [2.75, 3.05) is 5.32 Å². The van der Waals surface area contributed by atoms with Crippen molar-refractivity contribution >= 4 is 68.8 Å². The number of hydrogen-bond acceptors (Lipinski definition) is 3. The van der Waals surface area contributed by atoms with Crippen LogP contribution in [0.1, 0.15) is 10.4 Å². The van der Waals surface area contributed by atoms with Crippen molar-refractivity contribution in [3.8, 4) is 11.3 Å². The zero-order chi connectivity index (χ0) is 17.3. The first kappa shape index (κ1) is 17.5. The molecule has 3 aromatic rings. The third-order valence-corrected chi connectivity index (χ3v) is 4.97. The van der Waals surface area contributed by atoms with Gasteiger partial charge in [0.15, 0.2) is 5.13 Å². The second-order valence-corrected chi connectivity index (χ2v) is 7.29. The smallest absolute Gasteiger partial charge is 0.259 e. The van der Waals surface area contributed by atoms with Gasteiger partial charge in [0, 0.05) is 21.0 Å². The molecule has 0 aliphatic rings. The number of hydrogen-bond donors (Lipinski definition) is 1. The van der Waals surface area contributed by atoms with Crippen molar-refractivity contribution in [3.05, 3.63) is 67.4 Å². The van der Waals surface area contributed by atoms with Crippen molar-refractivity contribution in [1.29, 1.82) is 0 Å². The van der Waals surface area contributed by atoms with Gasteiger partial charge >= 0.3 is 0 Å². The predicted octanol–water partition coefficient (Wildman–Crippen LogP) is 6.68. The van der Waals surface area contributed by atoms with Crippen molar-refractivity contribution in [3.63, 3.8) is 0 Å². The Balaban J connectivity index is 1.83. The number of amides is 1. The summed E-state index contributed by atoms with van der Waals surface area (Å²) in [7, 11) is 0. The van der Waals surface area contributed by atoms with Crippen molar-refractivity contribution < 1.29 is 4.79 Å². The van der Waals surface area contributed by atoms with E-state index in [1.165, 1.54) is 17.4 Å². The molecule has 0 bridgehead atoms. The van der Waals surface area contributed by atoms with E-state index < -0.39 is 0 Å². The van der Waals surface area contributed by atoms with Gasteiger partial charge in [-0.3, -0.25) is 10.1 Å². The Morgan fingerprint density at radius 1 is 0.958 bits per heavy atom. The van der Waals surface area contributed by atoms with E-state index in [2.05, 4.69) is 10.3 Å². The van der Waals surface area contributed by atoms with Gasteiger partial charge in [0.1, 0.15) is 0 Å². The molecule has 1 heterocycles. The van der Waals surface area contributed by atoms with E-state index >= 15 is 0 Å². The fraction of sp³-hybridized carbons (Fsp3) is 0. The SMILES string of the molecule is O=C(Nc1nc(-c2ccc(Cl)cc2Cl)cs1)c1cc(Cl)ccc1Cl. The summed E-state index contributed by atoms with van der Waals surface area (Å²) < 4.78 is 0. The van der Waals surface area contributed by atoms with Crippen molar-refractivity contribution in [2.45, 2.75) is 0 Å². The van der Waals surface area contributed by atoms with E-state index in [-0.39, 0.29) is 11.5 Å². The van der Waals surface area contributed by atoms with Crippen LogP contribution in [0.15, 0.2) is 41.8 Å². The molecule has 1 amide bonds. The van der Waals surface area contributed by atoms with Crippen LogP contribution in [0.5, 0.6) is 0 Å². The van der Waals surface area contributed by atoms with Gasteiger partial charge in [0.25, 0.3) is 5.91 Å². The summed E-state index contributed by atoms with van der Waals surface area (Å²) in [6.45, 7) is 0. The predicted molar refractivity (Wildman–Crippen MR) is 102 cm³/mol. The molecule has 3 rings (SSSR count). The first-order valence-corrected chi connectivity index (χ1v) is 9.00. The van der Waals surface area contributed by atoms with Gasteiger partial charge in [-0.05, 0) is 36.4 Å². The average Bonchev–Trinajstić information content (AvgIpc) is 2.97. The molecule has 0 saturated heterocycles. The maximum Gasteiger partial charge on any atom is 0.259 e. The fourth-order valence-electron chi connectivity index (χ4n) is 1.99. The van der Waals surface area contributed by atoms with Gasteiger partial charge in [-0.2, -0.15) is 0 Å². The van der Waals surface area contributed by atoms with Gasteiger partial charge < -0.3 is 0 Å². The standard InChI is InChI=1S/C16H8Cl4N2OS/c17-8-2-4-12(19)11(5-8)15(23)22-16-21-14(7-24-16)10-3-1-9(18)6-13(10)20/h1-7H,(H,21,22,23). The third-order valence-electron chi connectivity index (χ3n) is 3.10. The summed E-state index contributed by atoms with van der Waals surface area (Å²) in [5.41, 5.74) is 1.67. The monoisotopic (exact) mass is 416 g/mol. The number of carbonyl (C=O) groups is 1. The minimum absolute atomic E-state index is 0.283. The largest absolute Gasteiger partial charge is 0.298 e. The first-order valence-electron chi connectivity index (χ1n) is 6.61. The molecule has 0 unspecified atom stereocenters. The Hall–Kier alpha value is -1.30. The molecule has 1 aromatic heterocycles. The molecule has 0 atom stereocenters. The number of nitrogens with one attached hydrogen (secondary N) is 1. The Bertz CT molecular complexity index is 926. The van der Waals surface area contributed by atoms with Crippen LogP contribution >= 0.6 is 57.7 Å². The minimum Gasteiger partial charge on any atom is -0.298 e. The second-order valence-electron chi connectivity index (χ2n) is 4.74. The normalized spacial score (nSPS) is 10.7. The van der Waals surface area contributed by atoms with Crippen LogP contribution in [0.3, 0.4) is 0 Å². The lowest BCUT2D eigenvalue weighted by atomic mass is 10.2. The zero-order valence-corrected chi connectivity index (χ0v) is 15.7. The van der Waals surface area contributed by atoms with Crippen LogP contribution < -0.4 is 5.32 Å². The van der Waals surface area contributed by atoms with Crippen LogP contribution in [0.2, 0.25) is 20.1 Å². The number of nitrogens with zero attached hydrogens (tertiary/aromatic N) is 1. The molecular weight excluding hydrogens is 410 g/mol. The molecule has 24 heavy (non-hydrogen) atoms. The topological polar surface area (TPSA) is 42.0 Å². The molecule has 122 valence electrons. The summed E-state index contributed by atoms with van der Waals surface area (Å²) in [6, 6.07) is 9.83. The van der Waals surface area contributed by atoms with Crippen molar-refractivity contribution in [1.82, 2.24) is 4.98 Å². The molecule has 0 saturated carbocycles. The highest BCUT2D eigenvalue weighted by Crippen LogP contribution is 2.32. The quantitative estimate of drug-likeness (QED) is 0.516. The molecule has 1 N–H and O–H groups in total. The summed E-state index contributed by atoms with van der Waals surface area (Å²) >= 11 is 25.3. The lowest BCUT2D eigenvalue weighted by Crippen LogP contribution is -2.12. The summed E-state index contributed by atoms with van der Waals surface area (Å²) in [4.78, 5) is 16.7. The van der Waals surface area contributed by atoms with E-state index in [4.69, 9.17) is 46.4 Å². The highest BCUT2D eigenvalue weighted by atomic mass is 35.5. The zero-order valence-electron chi connectivity index (χ0n) is 11.8. The number of aromatic nitrogens is 1. The number of anilines is 1. The molecule has 8 heteroatoms. The van der Waals surface area contributed by atoms with E-state index in [0.29, 0.717) is 30.9 Å². The van der Waals surface area contributed by atoms with Gasteiger partial charge in [0.2, 0.25) is 0 Å².